The van der Waals surface area contributed by atoms with E-state index in [1.165, 1.54) is 19.1 Å². The Morgan fingerprint density at radius 2 is 1.68 bits per heavy atom. The van der Waals surface area contributed by atoms with Gasteiger partial charge in [-0.1, -0.05) is 0 Å². The van der Waals surface area contributed by atoms with Crippen LogP contribution < -0.4 is 10.6 Å². The number of benzene rings is 2. The van der Waals surface area contributed by atoms with Crippen LogP contribution in [0.5, 0.6) is 0 Å². The van der Waals surface area contributed by atoms with Crippen LogP contribution in [-0.2, 0) is 10.7 Å². The van der Waals surface area contributed by atoms with Gasteiger partial charge >= 0.3 is 5.92 Å². The Morgan fingerprint density at radius 1 is 1.03 bits per heavy atom. The highest BCUT2D eigenvalue weighted by Gasteiger charge is 2.50. The van der Waals surface area contributed by atoms with Gasteiger partial charge in [-0.15, -0.1) is 0 Å². The zero-order chi connectivity index (χ0) is 22.3. The molecule has 0 radical (unpaired) electrons. The van der Waals surface area contributed by atoms with Crippen LogP contribution in [0.3, 0.4) is 0 Å². The summed E-state index contributed by atoms with van der Waals surface area (Å²) in [6, 6.07) is 6.35. The highest BCUT2D eigenvalue weighted by atomic mass is 19.3. The molecule has 2 heterocycles. The molecule has 2 saturated heterocycles. The molecule has 0 saturated carbocycles. The van der Waals surface area contributed by atoms with Crippen LogP contribution in [0.25, 0.3) is 0 Å². The molecule has 0 spiro atoms. The minimum Gasteiger partial charge on any atom is -0.336 e. The fourth-order valence-electron chi connectivity index (χ4n) is 4.17. The molecule has 2 aliphatic heterocycles. The number of carbonyl (C=O) groups is 2. The smallest absolute Gasteiger partial charge is 0.336 e. The van der Waals surface area contributed by atoms with E-state index in [0.29, 0.717) is 24.7 Å². The number of anilines is 1. The molecule has 2 aliphatic rings. The second-order valence-electron chi connectivity index (χ2n) is 8.08. The fourth-order valence-corrected chi connectivity index (χ4v) is 4.17. The van der Waals surface area contributed by atoms with Crippen molar-refractivity contribution in [3.63, 3.8) is 0 Å². The van der Waals surface area contributed by atoms with Gasteiger partial charge in [0, 0.05) is 37.4 Å². The summed E-state index contributed by atoms with van der Waals surface area (Å²) in [6.45, 7) is 3.21. The Bertz CT molecular complexity index is 1030. The maximum atomic E-state index is 15.0. The molecule has 2 fully saturated rings. The molecule has 2 aromatic carbocycles. The van der Waals surface area contributed by atoms with E-state index < -0.39 is 34.9 Å². The zero-order valence-corrected chi connectivity index (χ0v) is 16.7. The Morgan fingerprint density at radius 3 is 2.32 bits per heavy atom. The second-order valence-corrected chi connectivity index (χ2v) is 8.08. The lowest BCUT2D eigenvalue weighted by Crippen LogP contribution is -2.42. The molecule has 9 heteroatoms. The molecular formula is C22H21F4N3O2. The van der Waals surface area contributed by atoms with Crippen LogP contribution in [0.15, 0.2) is 36.4 Å². The van der Waals surface area contributed by atoms with Crippen molar-refractivity contribution in [2.45, 2.75) is 12.8 Å². The van der Waals surface area contributed by atoms with Gasteiger partial charge in [-0.05, 0) is 60.7 Å². The maximum absolute atomic E-state index is 15.0. The summed E-state index contributed by atoms with van der Waals surface area (Å²) in [6.07, 6.45) is 0. The number of aryl methyl sites for hydroxylation is 1. The summed E-state index contributed by atoms with van der Waals surface area (Å²) in [5.74, 6) is -7.86. The third-order valence-corrected chi connectivity index (χ3v) is 5.93. The minimum absolute atomic E-state index is 0.112. The fraction of sp³-hybridized carbons (Fsp3) is 0.364. The van der Waals surface area contributed by atoms with E-state index in [1.54, 1.807) is 0 Å². The first kappa shape index (κ1) is 21.3. The molecule has 164 valence electrons. The van der Waals surface area contributed by atoms with Gasteiger partial charge in [0.25, 0.3) is 11.8 Å². The van der Waals surface area contributed by atoms with Crippen LogP contribution in [0.4, 0.5) is 23.2 Å². The third kappa shape index (κ3) is 4.01. The molecule has 2 N–H and O–H groups in total. The average molecular weight is 435 g/mol. The summed E-state index contributed by atoms with van der Waals surface area (Å²) in [5, 5.41) is 5.62. The van der Waals surface area contributed by atoms with Gasteiger partial charge in [0.15, 0.2) is 0 Å². The Hall–Kier alpha value is -2.94. The molecule has 2 amide bonds. The van der Waals surface area contributed by atoms with Crippen molar-refractivity contribution < 1.29 is 27.2 Å². The number of halogens is 4. The van der Waals surface area contributed by atoms with E-state index in [1.807, 2.05) is 0 Å². The summed E-state index contributed by atoms with van der Waals surface area (Å²) in [7, 11) is 0. The van der Waals surface area contributed by atoms with E-state index in [0.717, 1.165) is 23.1 Å². The Kier molecular flexibility index (Phi) is 5.47. The van der Waals surface area contributed by atoms with Crippen molar-refractivity contribution in [3.05, 3.63) is 64.7 Å². The lowest BCUT2D eigenvalue weighted by atomic mass is 10.0. The number of hydrogen-bond donors (Lipinski definition) is 2. The number of carbonyl (C=O) groups excluding carboxylic acids is 2. The molecular weight excluding hydrogens is 414 g/mol. The molecule has 5 nitrogen and oxygen atoms in total. The standard InChI is InChI=1S/C22H21F4N3O2/c1-12-6-16(3-5-18(12)23)28-20(30)13-2-4-19(24)17(7-13)22(25,26)21(31)29-10-14-8-27-9-15(14)11-29/h2-7,14-15,27H,8-11H2,1H3,(H,28,30). The van der Waals surface area contributed by atoms with Gasteiger partial charge in [0.1, 0.15) is 11.6 Å². The molecule has 2 atom stereocenters. The summed E-state index contributed by atoms with van der Waals surface area (Å²) >= 11 is 0. The molecule has 2 unspecified atom stereocenters. The number of alkyl halides is 2. The van der Waals surface area contributed by atoms with Crippen molar-refractivity contribution in [2.75, 3.05) is 31.5 Å². The predicted molar refractivity (Wildman–Crippen MR) is 106 cm³/mol. The van der Waals surface area contributed by atoms with Gasteiger partial charge in [0.2, 0.25) is 0 Å². The van der Waals surface area contributed by atoms with Crippen LogP contribution in [-0.4, -0.2) is 42.9 Å². The highest BCUT2D eigenvalue weighted by Crippen LogP contribution is 2.36. The number of nitrogens with one attached hydrogen (secondary N) is 2. The minimum atomic E-state index is -4.11. The van der Waals surface area contributed by atoms with E-state index in [-0.39, 0.29) is 36.2 Å². The molecule has 4 rings (SSSR count). The van der Waals surface area contributed by atoms with Crippen molar-refractivity contribution in [2.24, 2.45) is 11.8 Å². The molecule has 0 aliphatic carbocycles. The van der Waals surface area contributed by atoms with Gasteiger partial charge < -0.3 is 15.5 Å². The topological polar surface area (TPSA) is 61.4 Å². The SMILES string of the molecule is Cc1cc(NC(=O)c2ccc(F)c(C(F)(F)C(=O)N3CC4CNCC4C3)c2)ccc1F. The molecule has 2 aromatic rings. The van der Waals surface area contributed by atoms with Crippen LogP contribution in [0.1, 0.15) is 21.5 Å². The summed E-state index contributed by atoms with van der Waals surface area (Å²) < 4.78 is 57.7. The molecule has 0 bridgehead atoms. The second kappa shape index (κ2) is 7.96. The predicted octanol–water partition coefficient (Wildman–Crippen LogP) is 3.30. The number of fused-ring (bicyclic) bond motifs is 1. The van der Waals surface area contributed by atoms with Crippen LogP contribution in [0.2, 0.25) is 0 Å². The number of nitrogens with zero attached hydrogens (tertiary/aromatic N) is 1. The van der Waals surface area contributed by atoms with Gasteiger partial charge in [-0.25, -0.2) is 8.78 Å². The molecule has 31 heavy (non-hydrogen) atoms. The number of rotatable bonds is 4. The summed E-state index contributed by atoms with van der Waals surface area (Å²) in [4.78, 5) is 26.1. The lowest BCUT2D eigenvalue weighted by molar-refractivity contribution is -0.158. The molecule has 0 aromatic heterocycles. The first-order valence-corrected chi connectivity index (χ1v) is 9.92. The number of hydrogen-bond acceptors (Lipinski definition) is 3. The van der Waals surface area contributed by atoms with E-state index >= 15 is 0 Å². The first-order valence-electron chi connectivity index (χ1n) is 9.92. The normalized spacial score (nSPS) is 20.6. The number of likely N-dealkylation sites (tertiary alicyclic amines) is 1. The van der Waals surface area contributed by atoms with E-state index in [9.17, 15) is 27.2 Å². The van der Waals surface area contributed by atoms with Crippen LogP contribution >= 0.6 is 0 Å². The average Bonchev–Trinajstić information content (AvgIpc) is 3.32. The zero-order valence-electron chi connectivity index (χ0n) is 16.7. The van der Waals surface area contributed by atoms with E-state index in [2.05, 4.69) is 10.6 Å². The first-order chi connectivity index (χ1) is 14.7. The Balaban J connectivity index is 1.55. The van der Waals surface area contributed by atoms with Crippen LogP contribution in [0, 0.1) is 30.4 Å². The highest BCUT2D eigenvalue weighted by molar-refractivity contribution is 6.04. The number of amides is 2. The Labute approximate surface area is 176 Å². The van der Waals surface area contributed by atoms with Gasteiger partial charge in [-0.2, -0.15) is 8.78 Å². The maximum Gasteiger partial charge on any atom is 0.352 e. The van der Waals surface area contributed by atoms with Crippen molar-refractivity contribution in [3.8, 4) is 0 Å². The van der Waals surface area contributed by atoms with Crippen molar-refractivity contribution >= 4 is 17.5 Å². The third-order valence-electron chi connectivity index (χ3n) is 5.93. The van der Waals surface area contributed by atoms with Crippen molar-refractivity contribution in [1.82, 2.24) is 10.2 Å². The van der Waals surface area contributed by atoms with Gasteiger partial charge in [-0.3, -0.25) is 9.59 Å². The monoisotopic (exact) mass is 435 g/mol. The largest absolute Gasteiger partial charge is 0.352 e. The van der Waals surface area contributed by atoms with Crippen molar-refractivity contribution in [1.29, 1.82) is 0 Å². The quantitative estimate of drug-likeness (QED) is 0.725. The lowest BCUT2D eigenvalue weighted by Gasteiger charge is -2.24. The summed E-state index contributed by atoms with van der Waals surface area (Å²) in [5.41, 5.74) is -0.834. The van der Waals surface area contributed by atoms with Gasteiger partial charge in [0.05, 0.1) is 5.56 Å². The van der Waals surface area contributed by atoms with E-state index in [4.69, 9.17) is 0 Å².